The molecule has 6 aliphatic rings. The molecule has 0 aromatic carbocycles. The number of carbonyl (C=O) groups excluding carboxylic acids is 4. The van der Waals surface area contributed by atoms with Gasteiger partial charge in [-0.3, -0.25) is 0 Å². The molecule has 4 fully saturated rings. The summed E-state index contributed by atoms with van der Waals surface area (Å²) in [6.45, 7) is 0. The fourth-order valence-corrected chi connectivity index (χ4v) is 9.74. The minimum atomic E-state index is -5.41. The lowest BCUT2D eigenvalue weighted by Gasteiger charge is -2.51. The largest absolute Gasteiger partial charge is 0.466 e. The summed E-state index contributed by atoms with van der Waals surface area (Å²) in [5, 5.41) is 0. The monoisotopic (exact) mass is 594 g/mol. The van der Waals surface area contributed by atoms with Crippen molar-refractivity contribution in [2.75, 3.05) is 28.4 Å². The minimum Gasteiger partial charge on any atom is -0.466 e. The molecule has 2 unspecified atom stereocenters. The van der Waals surface area contributed by atoms with Crippen molar-refractivity contribution in [3.8, 4) is 0 Å². The average Bonchev–Trinajstić information content (AvgIpc) is 3.73. The van der Waals surface area contributed by atoms with Crippen LogP contribution >= 0.6 is 0 Å². The summed E-state index contributed by atoms with van der Waals surface area (Å²) in [5.41, 5.74) is -8.75. The molecule has 0 amide bonds. The molecule has 6 rings (SSSR count). The molecule has 10 atom stereocenters. The average molecular weight is 594 g/mol. The molecule has 2 saturated carbocycles. The first-order valence-corrected chi connectivity index (χ1v) is 12.8. The number of methoxy groups -OCH3 is 4. The number of esters is 4. The zero-order chi connectivity index (χ0) is 30.2. The van der Waals surface area contributed by atoms with Crippen LogP contribution in [0.3, 0.4) is 0 Å². The van der Waals surface area contributed by atoms with E-state index < -0.39 is 117 Å². The van der Waals surface area contributed by atoms with Crippen molar-refractivity contribution in [3.63, 3.8) is 0 Å². The van der Waals surface area contributed by atoms with Gasteiger partial charge in [-0.25, -0.2) is 19.2 Å². The standard InChI is InChI=1S/C26H24F6O9/c1-37-19(33)11-7-5-8(12(11)20(34)38-2)16-15(7)23(25(27,28)29)17-9-6-10(18(17)24(16,41-23)26(30,31)32)14(22(36)40-4)13(9)21(35)39-3/h7-10,15-18H,5-6H2,1-4H3/t7-,8+,9+,10-,15-,16+,17+,18-,23?,24?. The van der Waals surface area contributed by atoms with Gasteiger partial charge in [-0.1, -0.05) is 0 Å². The van der Waals surface area contributed by atoms with Gasteiger partial charge in [-0.2, -0.15) is 26.3 Å². The second-order valence-corrected chi connectivity index (χ2v) is 11.3. The Hall–Kier alpha value is -3.10. The molecule has 9 nitrogen and oxygen atoms in total. The summed E-state index contributed by atoms with van der Waals surface area (Å²) in [7, 11) is 3.76. The SMILES string of the molecule is COC(=O)C1=C(C(=O)OC)[C@@H]2C[C@H]1[C@@H]1[C@H]2C2(C(F)(F)F)OC1(C(F)(F)F)[C@@H]1[C@H]2[C@@H]2C[C@H]1C(C(=O)OC)=C2C(=O)OC. The molecule has 2 saturated heterocycles. The van der Waals surface area contributed by atoms with Crippen LogP contribution < -0.4 is 0 Å². The number of halogens is 6. The van der Waals surface area contributed by atoms with E-state index in [1.807, 2.05) is 0 Å². The number of rotatable bonds is 4. The second-order valence-electron chi connectivity index (χ2n) is 11.3. The predicted molar refractivity (Wildman–Crippen MR) is 118 cm³/mol. The molecular formula is C26H24F6O9. The summed E-state index contributed by atoms with van der Waals surface area (Å²) in [6.07, 6.45) is -11.5. The van der Waals surface area contributed by atoms with E-state index in [9.17, 15) is 19.2 Å². The second kappa shape index (κ2) is 8.26. The number of hydrogen-bond donors (Lipinski definition) is 0. The number of ether oxygens (including phenoxy) is 5. The molecule has 0 radical (unpaired) electrons. The molecule has 224 valence electrons. The Balaban J connectivity index is 1.65. The van der Waals surface area contributed by atoms with Crippen molar-refractivity contribution < 1.29 is 69.2 Å². The first-order chi connectivity index (χ1) is 19.1. The Morgan fingerprint density at radius 3 is 0.951 bits per heavy atom. The molecule has 0 aromatic rings. The highest BCUT2D eigenvalue weighted by atomic mass is 19.4. The summed E-state index contributed by atoms with van der Waals surface area (Å²) >= 11 is 0. The maximum absolute atomic E-state index is 15.5. The molecule has 0 spiro atoms. The van der Waals surface area contributed by atoms with Crippen LogP contribution in [0.25, 0.3) is 0 Å². The fourth-order valence-electron chi connectivity index (χ4n) is 9.74. The van der Waals surface area contributed by atoms with Crippen molar-refractivity contribution in [1.82, 2.24) is 0 Å². The highest BCUT2D eigenvalue weighted by molar-refractivity contribution is 6.04. The smallest absolute Gasteiger partial charge is 0.418 e. The van der Waals surface area contributed by atoms with Gasteiger partial charge >= 0.3 is 36.2 Å². The molecule has 2 heterocycles. The lowest BCUT2D eigenvalue weighted by atomic mass is 9.49. The third kappa shape index (κ3) is 2.88. The Kier molecular flexibility index (Phi) is 5.65. The van der Waals surface area contributed by atoms with Gasteiger partial charge in [0.05, 0.1) is 50.7 Å². The van der Waals surface area contributed by atoms with Gasteiger partial charge in [-0.15, -0.1) is 0 Å². The van der Waals surface area contributed by atoms with Gasteiger partial charge in [-0.05, 0) is 36.5 Å². The molecule has 2 aliphatic heterocycles. The summed E-state index contributed by atoms with van der Waals surface area (Å²) in [4.78, 5) is 51.2. The van der Waals surface area contributed by atoms with Crippen LogP contribution in [0.15, 0.2) is 22.3 Å². The molecule has 0 aromatic heterocycles. The van der Waals surface area contributed by atoms with E-state index in [4.69, 9.17) is 23.7 Å². The van der Waals surface area contributed by atoms with Crippen LogP contribution in [0.4, 0.5) is 26.3 Å². The van der Waals surface area contributed by atoms with Gasteiger partial charge < -0.3 is 23.7 Å². The van der Waals surface area contributed by atoms with Crippen molar-refractivity contribution >= 4 is 23.9 Å². The van der Waals surface area contributed by atoms with Crippen LogP contribution in [-0.2, 0) is 42.9 Å². The fraction of sp³-hybridized carbons (Fsp3) is 0.692. The van der Waals surface area contributed by atoms with Crippen LogP contribution in [0.1, 0.15) is 12.8 Å². The van der Waals surface area contributed by atoms with Crippen LogP contribution in [0.2, 0.25) is 0 Å². The van der Waals surface area contributed by atoms with Crippen LogP contribution in [-0.4, -0.2) is 75.9 Å². The highest BCUT2D eigenvalue weighted by Gasteiger charge is 2.95. The van der Waals surface area contributed by atoms with E-state index in [1.54, 1.807) is 0 Å². The zero-order valence-corrected chi connectivity index (χ0v) is 22.0. The quantitative estimate of drug-likeness (QED) is 0.275. The Morgan fingerprint density at radius 1 is 0.561 bits per heavy atom. The van der Waals surface area contributed by atoms with E-state index in [0.717, 1.165) is 28.4 Å². The van der Waals surface area contributed by atoms with Crippen LogP contribution in [0.5, 0.6) is 0 Å². The van der Waals surface area contributed by atoms with E-state index in [2.05, 4.69) is 0 Å². The van der Waals surface area contributed by atoms with Gasteiger partial charge in [0.2, 0.25) is 0 Å². The third-order valence-electron chi connectivity index (χ3n) is 10.4. The van der Waals surface area contributed by atoms with Gasteiger partial charge in [0.25, 0.3) is 0 Å². The van der Waals surface area contributed by atoms with Crippen molar-refractivity contribution in [3.05, 3.63) is 22.3 Å². The van der Waals surface area contributed by atoms with Crippen molar-refractivity contribution in [1.29, 1.82) is 0 Å². The molecule has 41 heavy (non-hydrogen) atoms. The first kappa shape index (κ1) is 28.0. The summed E-state index contributed by atoms with van der Waals surface area (Å²) in [5.74, 6) is -18.2. The molecule has 15 heteroatoms. The zero-order valence-electron chi connectivity index (χ0n) is 22.0. The third-order valence-corrected chi connectivity index (χ3v) is 10.4. The molecule has 6 bridgehead atoms. The molecule has 4 aliphatic carbocycles. The summed E-state index contributed by atoms with van der Waals surface area (Å²) < 4.78 is 117. The van der Waals surface area contributed by atoms with Crippen molar-refractivity contribution in [2.24, 2.45) is 47.3 Å². The molecule has 0 N–H and O–H groups in total. The van der Waals surface area contributed by atoms with E-state index in [0.29, 0.717) is 0 Å². The number of hydrogen-bond acceptors (Lipinski definition) is 9. The van der Waals surface area contributed by atoms with Crippen LogP contribution in [0, 0.1) is 47.3 Å². The molecular weight excluding hydrogens is 570 g/mol. The maximum atomic E-state index is 15.5. The lowest BCUT2D eigenvalue weighted by Crippen LogP contribution is -2.64. The highest BCUT2D eigenvalue weighted by Crippen LogP contribution is 2.84. The number of alkyl halides is 6. The normalized spacial score (nSPS) is 41.5. The minimum absolute atomic E-state index is 0.362. The number of carbonyl (C=O) groups is 4. The van der Waals surface area contributed by atoms with E-state index >= 15 is 26.3 Å². The Labute approximate surface area is 228 Å². The van der Waals surface area contributed by atoms with E-state index in [1.165, 1.54) is 0 Å². The summed E-state index contributed by atoms with van der Waals surface area (Å²) in [6, 6.07) is 0. The predicted octanol–water partition coefficient (Wildman–Crippen LogP) is 2.68. The topological polar surface area (TPSA) is 114 Å². The first-order valence-electron chi connectivity index (χ1n) is 12.8. The number of fused-ring (bicyclic) bond motifs is 16. The Morgan fingerprint density at radius 2 is 0.780 bits per heavy atom. The van der Waals surface area contributed by atoms with Crippen molar-refractivity contribution in [2.45, 2.75) is 36.4 Å². The maximum Gasteiger partial charge on any atom is 0.418 e. The van der Waals surface area contributed by atoms with E-state index in [-0.39, 0.29) is 12.8 Å². The van der Waals surface area contributed by atoms with Gasteiger partial charge in [0.1, 0.15) is 0 Å². The van der Waals surface area contributed by atoms with Gasteiger partial charge in [0, 0.05) is 23.7 Å². The van der Waals surface area contributed by atoms with Gasteiger partial charge in [0.15, 0.2) is 11.2 Å². The Bertz CT molecular complexity index is 1170. The lowest BCUT2D eigenvalue weighted by molar-refractivity contribution is -0.329.